The summed E-state index contributed by atoms with van der Waals surface area (Å²) in [5.74, 6) is -1.40. The molecule has 1 aliphatic carbocycles. The van der Waals surface area contributed by atoms with Crippen molar-refractivity contribution < 1.29 is 28.7 Å². The maximum Gasteiger partial charge on any atom is 0.307 e. The topological polar surface area (TPSA) is 114 Å². The molecular formula is C18H27N3O6. The fourth-order valence-electron chi connectivity index (χ4n) is 3.20. The standard InChI is InChI=1S/C18H27N3O6/c1-13(22)26-11-19-14-5-2-3-6-15(14)20-12-27-18(25)7-4-10-21-16(23)8-9-17(21)24/h8-9,14-15,19-20H,2-7,10-12H2,1H3/t14-,15?/m1/s1. The molecular weight excluding hydrogens is 354 g/mol. The van der Waals surface area contributed by atoms with Gasteiger partial charge >= 0.3 is 11.9 Å². The van der Waals surface area contributed by atoms with Gasteiger partial charge in [-0.15, -0.1) is 0 Å². The Morgan fingerprint density at radius 2 is 1.59 bits per heavy atom. The van der Waals surface area contributed by atoms with Crippen molar-refractivity contribution in [2.45, 2.75) is 57.5 Å². The molecule has 1 saturated carbocycles. The lowest BCUT2D eigenvalue weighted by molar-refractivity contribution is -0.146. The molecule has 2 amide bonds. The first-order chi connectivity index (χ1) is 13.0. The number of carbonyl (C=O) groups excluding carboxylic acids is 4. The third kappa shape index (κ3) is 7.10. The molecule has 1 heterocycles. The Labute approximate surface area is 158 Å². The van der Waals surface area contributed by atoms with Crippen LogP contribution in [-0.2, 0) is 28.7 Å². The van der Waals surface area contributed by atoms with Gasteiger partial charge in [0.25, 0.3) is 11.8 Å². The summed E-state index contributed by atoms with van der Waals surface area (Å²) in [5.41, 5.74) is 0. The van der Waals surface area contributed by atoms with E-state index in [1.54, 1.807) is 0 Å². The Bertz CT molecular complexity index is 574. The van der Waals surface area contributed by atoms with Crippen LogP contribution in [0.5, 0.6) is 0 Å². The molecule has 150 valence electrons. The molecule has 2 N–H and O–H groups in total. The molecule has 1 aliphatic heterocycles. The first-order valence-electron chi connectivity index (χ1n) is 9.26. The summed E-state index contributed by atoms with van der Waals surface area (Å²) in [5, 5.41) is 6.41. The number of nitrogens with one attached hydrogen (secondary N) is 2. The molecule has 1 unspecified atom stereocenters. The summed E-state index contributed by atoms with van der Waals surface area (Å²) in [7, 11) is 0. The second kappa shape index (κ2) is 10.8. The minimum atomic E-state index is -0.380. The zero-order valence-electron chi connectivity index (χ0n) is 15.6. The molecule has 2 rings (SSSR count). The van der Waals surface area contributed by atoms with Crippen LogP contribution in [0.3, 0.4) is 0 Å². The van der Waals surface area contributed by atoms with E-state index in [-0.39, 0.29) is 62.3 Å². The van der Waals surface area contributed by atoms with Gasteiger partial charge in [-0.1, -0.05) is 12.8 Å². The summed E-state index contributed by atoms with van der Waals surface area (Å²) in [4.78, 5) is 46.6. The highest BCUT2D eigenvalue weighted by atomic mass is 16.5. The van der Waals surface area contributed by atoms with Gasteiger partial charge in [-0.2, -0.15) is 0 Å². The van der Waals surface area contributed by atoms with Crippen LogP contribution >= 0.6 is 0 Å². The van der Waals surface area contributed by atoms with Crippen LogP contribution in [0.15, 0.2) is 12.2 Å². The number of hydrogen-bond acceptors (Lipinski definition) is 8. The minimum Gasteiger partial charge on any atom is -0.450 e. The Morgan fingerprint density at radius 3 is 2.15 bits per heavy atom. The molecule has 0 saturated heterocycles. The number of imide groups is 1. The Morgan fingerprint density at radius 1 is 1.04 bits per heavy atom. The normalized spacial score (nSPS) is 22.2. The molecule has 0 radical (unpaired) electrons. The van der Waals surface area contributed by atoms with Crippen molar-refractivity contribution in [1.29, 1.82) is 0 Å². The van der Waals surface area contributed by atoms with Gasteiger partial charge in [-0.3, -0.25) is 34.7 Å². The third-order valence-electron chi connectivity index (χ3n) is 4.63. The lowest BCUT2D eigenvalue weighted by Gasteiger charge is -2.32. The fraction of sp³-hybridized carbons (Fsp3) is 0.667. The van der Waals surface area contributed by atoms with Gasteiger partial charge < -0.3 is 9.47 Å². The largest absolute Gasteiger partial charge is 0.450 e. The van der Waals surface area contributed by atoms with Crippen molar-refractivity contribution >= 4 is 23.8 Å². The predicted molar refractivity (Wildman–Crippen MR) is 95.0 cm³/mol. The van der Waals surface area contributed by atoms with Gasteiger partial charge in [0, 0.05) is 44.1 Å². The second-order valence-corrected chi connectivity index (χ2v) is 6.61. The maximum atomic E-state index is 11.8. The van der Waals surface area contributed by atoms with E-state index in [1.807, 2.05) is 0 Å². The van der Waals surface area contributed by atoms with Crippen LogP contribution in [-0.4, -0.2) is 60.7 Å². The molecule has 2 atom stereocenters. The molecule has 27 heavy (non-hydrogen) atoms. The molecule has 0 aromatic heterocycles. The number of nitrogens with zero attached hydrogens (tertiary/aromatic N) is 1. The number of hydrogen-bond donors (Lipinski definition) is 2. The van der Waals surface area contributed by atoms with Crippen molar-refractivity contribution in [2.24, 2.45) is 0 Å². The molecule has 0 aromatic carbocycles. The lowest BCUT2D eigenvalue weighted by atomic mass is 9.90. The predicted octanol–water partition coefficient (Wildman–Crippen LogP) is 0.203. The van der Waals surface area contributed by atoms with E-state index in [4.69, 9.17) is 9.47 Å². The van der Waals surface area contributed by atoms with Crippen LogP contribution in [0.25, 0.3) is 0 Å². The molecule has 9 heteroatoms. The van der Waals surface area contributed by atoms with Gasteiger partial charge in [0.1, 0.15) is 13.5 Å². The van der Waals surface area contributed by atoms with Gasteiger partial charge in [-0.05, 0) is 19.3 Å². The van der Waals surface area contributed by atoms with Gasteiger partial charge in [0.2, 0.25) is 0 Å². The number of carbonyl (C=O) groups is 4. The highest BCUT2D eigenvalue weighted by Gasteiger charge is 2.25. The molecule has 2 aliphatic rings. The van der Waals surface area contributed by atoms with Gasteiger partial charge in [0.15, 0.2) is 0 Å². The first kappa shape index (κ1) is 21.0. The monoisotopic (exact) mass is 381 g/mol. The van der Waals surface area contributed by atoms with Crippen molar-refractivity contribution in [2.75, 3.05) is 20.0 Å². The Balaban J connectivity index is 1.60. The minimum absolute atomic E-state index is 0.0956. The zero-order valence-corrected chi connectivity index (χ0v) is 15.6. The van der Waals surface area contributed by atoms with E-state index >= 15 is 0 Å². The van der Waals surface area contributed by atoms with Gasteiger partial charge in [-0.25, -0.2) is 0 Å². The number of esters is 2. The lowest BCUT2D eigenvalue weighted by Crippen LogP contribution is -2.51. The van der Waals surface area contributed by atoms with E-state index in [0.717, 1.165) is 30.6 Å². The summed E-state index contributed by atoms with van der Waals surface area (Å²) < 4.78 is 10.1. The average molecular weight is 381 g/mol. The summed E-state index contributed by atoms with van der Waals surface area (Å²) in [6.45, 7) is 1.83. The number of rotatable bonds is 10. The molecule has 1 fully saturated rings. The summed E-state index contributed by atoms with van der Waals surface area (Å²) >= 11 is 0. The van der Waals surface area contributed by atoms with E-state index < -0.39 is 0 Å². The van der Waals surface area contributed by atoms with Crippen molar-refractivity contribution in [3.63, 3.8) is 0 Å². The number of amides is 2. The summed E-state index contributed by atoms with van der Waals surface area (Å²) in [6.07, 6.45) is 7.04. The van der Waals surface area contributed by atoms with Crippen molar-refractivity contribution in [3.8, 4) is 0 Å². The van der Waals surface area contributed by atoms with Crippen molar-refractivity contribution in [1.82, 2.24) is 15.5 Å². The quantitative estimate of drug-likeness (QED) is 0.313. The summed E-state index contributed by atoms with van der Waals surface area (Å²) in [6, 6.07) is 0.282. The SMILES string of the molecule is CC(=O)OCN[C@@H]1CCCCC1NCOC(=O)CCCN1C(=O)C=CC1=O. The highest BCUT2D eigenvalue weighted by Crippen LogP contribution is 2.18. The van der Waals surface area contributed by atoms with Crippen LogP contribution in [0.4, 0.5) is 0 Å². The average Bonchev–Trinajstić information content (AvgIpc) is 2.94. The zero-order chi connectivity index (χ0) is 19.6. The highest BCUT2D eigenvalue weighted by molar-refractivity contribution is 6.12. The number of ether oxygens (including phenoxy) is 2. The Hall–Kier alpha value is -2.26. The van der Waals surface area contributed by atoms with E-state index in [9.17, 15) is 19.2 Å². The van der Waals surface area contributed by atoms with E-state index in [0.29, 0.717) is 6.42 Å². The maximum absolute atomic E-state index is 11.8. The first-order valence-corrected chi connectivity index (χ1v) is 9.26. The van der Waals surface area contributed by atoms with Crippen LogP contribution < -0.4 is 10.6 Å². The fourth-order valence-corrected chi connectivity index (χ4v) is 3.20. The van der Waals surface area contributed by atoms with Crippen LogP contribution in [0.2, 0.25) is 0 Å². The third-order valence-corrected chi connectivity index (χ3v) is 4.63. The van der Waals surface area contributed by atoms with Crippen LogP contribution in [0, 0.1) is 0 Å². The second-order valence-electron chi connectivity index (χ2n) is 6.61. The van der Waals surface area contributed by atoms with Crippen LogP contribution in [0.1, 0.15) is 45.4 Å². The van der Waals surface area contributed by atoms with E-state index in [1.165, 1.54) is 19.1 Å². The molecule has 0 aromatic rings. The molecule has 0 bridgehead atoms. The Kier molecular flexibility index (Phi) is 8.41. The van der Waals surface area contributed by atoms with Crippen molar-refractivity contribution in [3.05, 3.63) is 12.2 Å². The molecule has 9 nitrogen and oxygen atoms in total. The van der Waals surface area contributed by atoms with Gasteiger partial charge in [0.05, 0.1) is 0 Å². The smallest absolute Gasteiger partial charge is 0.307 e. The van der Waals surface area contributed by atoms with E-state index in [2.05, 4.69) is 10.6 Å². The molecule has 0 spiro atoms.